The molecule has 0 saturated carbocycles. The Hall–Kier alpha value is -2.30. The topological polar surface area (TPSA) is 86.6 Å². The fraction of sp³-hybridized carbons (Fsp3) is 0.474. The van der Waals surface area contributed by atoms with Gasteiger partial charge < -0.3 is 15.5 Å². The summed E-state index contributed by atoms with van der Waals surface area (Å²) in [6.07, 6.45) is 6.90. The fourth-order valence-corrected chi connectivity index (χ4v) is 2.29. The Kier molecular flexibility index (Phi) is 8.61. The molecule has 24 heavy (non-hydrogen) atoms. The number of phenolic OH excluding ortho intramolecular Hbond substituents is 1. The number of aliphatic carboxylic acids is 1. The van der Waals surface area contributed by atoms with Crippen molar-refractivity contribution < 1.29 is 19.8 Å². The summed E-state index contributed by atoms with van der Waals surface area (Å²) in [5, 5.41) is 20.9. The van der Waals surface area contributed by atoms with Crippen LogP contribution in [0.3, 0.4) is 0 Å². The monoisotopic (exact) mass is 333 g/mol. The SMILES string of the molecule is CC(C)CCCCCCC(=O)N/C(=C/c1ccc(O)cc1)C(=O)O. The van der Waals surface area contributed by atoms with E-state index in [4.69, 9.17) is 0 Å². The highest BCUT2D eigenvalue weighted by molar-refractivity contribution is 5.96. The molecule has 0 unspecified atom stereocenters. The molecular formula is C19H27NO4. The molecule has 1 aromatic carbocycles. The first-order valence-electron chi connectivity index (χ1n) is 8.42. The summed E-state index contributed by atoms with van der Waals surface area (Å²) in [5.74, 6) is -0.665. The Morgan fingerprint density at radius 1 is 1.08 bits per heavy atom. The number of aromatic hydroxyl groups is 1. The summed E-state index contributed by atoms with van der Waals surface area (Å²) in [6.45, 7) is 4.39. The molecule has 3 N–H and O–H groups in total. The Labute approximate surface area is 143 Å². The molecule has 0 aliphatic heterocycles. The van der Waals surface area contributed by atoms with Crippen LogP contribution in [-0.2, 0) is 9.59 Å². The zero-order valence-corrected chi connectivity index (χ0v) is 14.4. The lowest BCUT2D eigenvalue weighted by Gasteiger charge is -2.07. The van der Waals surface area contributed by atoms with Crippen LogP contribution in [0, 0.1) is 5.92 Å². The number of carbonyl (C=O) groups is 2. The smallest absolute Gasteiger partial charge is 0.352 e. The largest absolute Gasteiger partial charge is 0.508 e. The zero-order valence-electron chi connectivity index (χ0n) is 14.4. The van der Waals surface area contributed by atoms with Gasteiger partial charge in [-0.15, -0.1) is 0 Å². The first-order chi connectivity index (χ1) is 11.4. The highest BCUT2D eigenvalue weighted by Crippen LogP contribution is 2.13. The summed E-state index contributed by atoms with van der Waals surface area (Å²) in [4.78, 5) is 23.1. The minimum absolute atomic E-state index is 0.102. The number of benzene rings is 1. The molecule has 0 aliphatic rings. The van der Waals surface area contributed by atoms with Crippen LogP contribution in [0.2, 0.25) is 0 Å². The van der Waals surface area contributed by atoms with E-state index in [1.165, 1.54) is 31.1 Å². The van der Waals surface area contributed by atoms with Crippen molar-refractivity contribution in [1.29, 1.82) is 0 Å². The summed E-state index contributed by atoms with van der Waals surface area (Å²) in [6, 6.07) is 6.09. The second kappa shape index (κ2) is 10.5. The van der Waals surface area contributed by atoms with Gasteiger partial charge in [-0.05, 0) is 36.1 Å². The van der Waals surface area contributed by atoms with Crippen molar-refractivity contribution in [2.45, 2.75) is 52.4 Å². The van der Waals surface area contributed by atoms with Crippen molar-refractivity contribution in [2.75, 3.05) is 0 Å². The van der Waals surface area contributed by atoms with Crippen LogP contribution < -0.4 is 5.32 Å². The molecule has 0 atom stereocenters. The third kappa shape index (κ3) is 8.36. The fourth-order valence-electron chi connectivity index (χ4n) is 2.29. The molecule has 132 valence electrons. The first kappa shape index (κ1) is 19.7. The summed E-state index contributed by atoms with van der Waals surface area (Å²) in [5.41, 5.74) is 0.435. The number of rotatable bonds is 10. The molecule has 1 aromatic rings. The van der Waals surface area contributed by atoms with Gasteiger partial charge in [-0.25, -0.2) is 4.79 Å². The quantitative estimate of drug-likeness (QED) is 0.447. The predicted molar refractivity (Wildman–Crippen MR) is 94.4 cm³/mol. The van der Waals surface area contributed by atoms with Gasteiger partial charge >= 0.3 is 5.97 Å². The maximum Gasteiger partial charge on any atom is 0.352 e. The van der Waals surface area contributed by atoms with E-state index >= 15 is 0 Å². The van der Waals surface area contributed by atoms with Gasteiger partial charge in [-0.1, -0.05) is 51.7 Å². The first-order valence-corrected chi connectivity index (χ1v) is 8.42. The molecule has 1 rings (SSSR count). The maximum atomic E-state index is 11.9. The molecule has 0 heterocycles. The van der Waals surface area contributed by atoms with E-state index in [-0.39, 0.29) is 17.4 Å². The van der Waals surface area contributed by atoms with Crippen molar-refractivity contribution in [3.63, 3.8) is 0 Å². The van der Waals surface area contributed by atoms with Crippen molar-refractivity contribution in [3.8, 4) is 5.75 Å². The average Bonchev–Trinajstić information content (AvgIpc) is 2.51. The molecule has 0 aliphatic carbocycles. The second-order valence-corrected chi connectivity index (χ2v) is 6.35. The standard InChI is InChI=1S/C19H27NO4/c1-14(2)7-5-3-4-6-8-18(22)20-17(19(23)24)13-15-9-11-16(21)12-10-15/h9-14,21H,3-8H2,1-2H3,(H,20,22)(H,23,24)/b17-13+. The normalized spacial score (nSPS) is 11.5. The van der Waals surface area contributed by atoms with Gasteiger partial charge in [0.15, 0.2) is 0 Å². The van der Waals surface area contributed by atoms with E-state index in [0.29, 0.717) is 17.9 Å². The lowest BCUT2D eigenvalue weighted by molar-refractivity contribution is -0.134. The zero-order chi connectivity index (χ0) is 17.9. The molecule has 5 heteroatoms. The Balaban J connectivity index is 2.43. The number of hydrogen-bond donors (Lipinski definition) is 3. The third-order valence-electron chi connectivity index (χ3n) is 3.64. The Morgan fingerprint density at radius 3 is 2.29 bits per heavy atom. The van der Waals surface area contributed by atoms with E-state index in [1.807, 2.05) is 0 Å². The summed E-state index contributed by atoms with van der Waals surface area (Å²) >= 11 is 0. The number of nitrogens with one attached hydrogen (secondary N) is 1. The lowest BCUT2D eigenvalue weighted by Crippen LogP contribution is -2.26. The highest BCUT2D eigenvalue weighted by atomic mass is 16.4. The van der Waals surface area contributed by atoms with Crippen molar-refractivity contribution in [1.82, 2.24) is 5.32 Å². The van der Waals surface area contributed by atoms with E-state index in [0.717, 1.165) is 19.3 Å². The predicted octanol–water partition coefficient (Wildman–Crippen LogP) is 3.93. The number of hydrogen-bond acceptors (Lipinski definition) is 3. The van der Waals surface area contributed by atoms with Crippen LogP contribution in [0.1, 0.15) is 57.9 Å². The van der Waals surface area contributed by atoms with E-state index < -0.39 is 5.97 Å². The lowest BCUT2D eigenvalue weighted by atomic mass is 10.0. The molecule has 0 bridgehead atoms. The van der Waals surface area contributed by atoms with Crippen LogP contribution in [0.5, 0.6) is 5.75 Å². The van der Waals surface area contributed by atoms with Crippen LogP contribution in [0.25, 0.3) is 6.08 Å². The maximum absolute atomic E-state index is 11.9. The van der Waals surface area contributed by atoms with Crippen LogP contribution in [0.4, 0.5) is 0 Å². The molecule has 0 radical (unpaired) electrons. The van der Waals surface area contributed by atoms with Gasteiger partial charge in [0.05, 0.1) is 0 Å². The molecule has 1 amide bonds. The second-order valence-electron chi connectivity index (χ2n) is 6.35. The van der Waals surface area contributed by atoms with Crippen LogP contribution in [0.15, 0.2) is 30.0 Å². The minimum atomic E-state index is -1.19. The molecule has 0 saturated heterocycles. The van der Waals surface area contributed by atoms with Gasteiger partial charge in [0.2, 0.25) is 5.91 Å². The van der Waals surface area contributed by atoms with Gasteiger partial charge in [0.1, 0.15) is 11.4 Å². The number of carboxylic acids is 1. The van der Waals surface area contributed by atoms with Crippen LogP contribution in [-0.4, -0.2) is 22.1 Å². The van der Waals surface area contributed by atoms with Gasteiger partial charge in [-0.3, -0.25) is 4.79 Å². The van der Waals surface area contributed by atoms with Crippen LogP contribution >= 0.6 is 0 Å². The van der Waals surface area contributed by atoms with Crippen molar-refractivity contribution >= 4 is 18.0 Å². The average molecular weight is 333 g/mol. The highest BCUT2D eigenvalue weighted by Gasteiger charge is 2.11. The molecule has 0 aromatic heterocycles. The minimum Gasteiger partial charge on any atom is -0.508 e. The van der Waals surface area contributed by atoms with E-state index in [9.17, 15) is 19.8 Å². The van der Waals surface area contributed by atoms with E-state index in [1.54, 1.807) is 12.1 Å². The summed E-state index contributed by atoms with van der Waals surface area (Å²) in [7, 11) is 0. The van der Waals surface area contributed by atoms with Gasteiger partial charge in [-0.2, -0.15) is 0 Å². The summed E-state index contributed by atoms with van der Waals surface area (Å²) < 4.78 is 0. The molecule has 0 spiro atoms. The van der Waals surface area contributed by atoms with Crippen molar-refractivity contribution in [2.24, 2.45) is 5.92 Å². The molecular weight excluding hydrogens is 306 g/mol. The molecule has 5 nitrogen and oxygen atoms in total. The van der Waals surface area contributed by atoms with Crippen molar-refractivity contribution in [3.05, 3.63) is 35.5 Å². The third-order valence-corrected chi connectivity index (χ3v) is 3.64. The van der Waals surface area contributed by atoms with E-state index in [2.05, 4.69) is 19.2 Å². The van der Waals surface area contributed by atoms with Gasteiger partial charge in [0, 0.05) is 6.42 Å². The number of phenols is 1. The Bertz CT molecular complexity index is 561. The number of carbonyl (C=O) groups excluding carboxylic acids is 1. The van der Waals surface area contributed by atoms with Gasteiger partial charge in [0.25, 0.3) is 0 Å². The molecule has 0 fully saturated rings. The number of carboxylic acid groups (broad SMARTS) is 1. The Morgan fingerprint density at radius 2 is 1.71 bits per heavy atom. The number of amides is 1. The number of unbranched alkanes of at least 4 members (excludes halogenated alkanes) is 3.